The van der Waals surface area contributed by atoms with E-state index in [-0.39, 0.29) is 4.90 Å². The Labute approximate surface area is 290 Å². The SMILES string of the molecule is NS(=O)(=O)c1cccc(C#CCCOCCCCCCN(Cc2ccccc2)C[C@H](O)c2ccc(OCc3ccccc3)c(NC=O)c2)c1. The highest BCUT2D eigenvalue weighted by molar-refractivity contribution is 7.89. The molecule has 0 aliphatic rings. The van der Waals surface area contributed by atoms with E-state index in [1.54, 1.807) is 24.3 Å². The molecule has 4 aromatic rings. The van der Waals surface area contributed by atoms with E-state index >= 15 is 0 Å². The van der Waals surface area contributed by atoms with Crippen molar-refractivity contribution in [2.75, 3.05) is 31.6 Å². The number of unbranched alkanes of at least 4 members (excludes halogenated alkanes) is 3. The Balaban J connectivity index is 1.21. The van der Waals surface area contributed by atoms with Crippen LogP contribution in [0.15, 0.2) is 108 Å². The molecule has 49 heavy (non-hydrogen) atoms. The summed E-state index contributed by atoms with van der Waals surface area (Å²) in [5.41, 5.74) is 4.01. The first-order valence-corrected chi connectivity index (χ1v) is 18.0. The van der Waals surface area contributed by atoms with Gasteiger partial charge in [0.25, 0.3) is 0 Å². The first-order valence-electron chi connectivity index (χ1n) is 16.5. The molecule has 0 bridgehead atoms. The smallest absolute Gasteiger partial charge is 0.238 e. The summed E-state index contributed by atoms with van der Waals surface area (Å²) in [6.45, 7) is 3.51. The van der Waals surface area contributed by atoms with E-state index in [0.717, 1.165) is 37.8 Å². The quantitative estimate of drug-likeness (QED) is 0.0589. The van der Waals surface area contributed by atoms with Gasteiger partial charge in [0.15, 0.2) is 0 Å². The van der Waals surface area contributed by atoms with E-state index in [1.165, 1.54) is 17.7 Å². The third kappa shape index (κ3) is 13.5. The summed E-state index contributed by atoms with van der Waals surface area (Å²) in [4.78, 5) is 13.7. The maximum atomic E-state index is 11.5. The summed E-state index contributed by atoms with van der Waals surface area (Å²) < 4.78 is 34.7. The van der Waals surface area contributed by atoms with Crippen LogP contribution in [0.2, 0.25) is 0 Å². The number of hydrogen-bond donors (Lipinski definition) is 3. The van der Waals surface area contributed by atoms with Gasteiger partial charge in [0.2, 0.25) is 16.4 Å². The number of aliphatic hydroxyl groups excluding tert-OH is 1. The fourth-order valence-electron chi connectivity index (χ4n) is 5.25. The second-order valence-electron chi connectivity index (χ2n) is 11.7. The van der Waals surface area contributed by atoms with Gasteiger partial charge in [-0.15, -0.1) is 0 Å². The molecule has 0 aromatic heterocycles. The fraction of sp³-hybridized carbons (Fsp3) is 0.308. The highest BCUT2D eigenvalue weighted by Gasteiger charge is 2.17. The Morgan fingerprint density at radius 2 is 1.59 bits per heavy atom. The normalized spacial score (nSPS) is 11.8. The molecule has 0 radical (unpaired) electrons. The Morgan fingerprint density at radius 1 is 0.857 bits per heavy atom. The van der Waals surface area contributed by atoms with Gasteiger partial charge in [-0.25, -0.2) is 13.6 Å². The predicted octanol–water partition coefficient (Wildman–Crippen LogP) is 6.04. The van der Waals surface area contributed by atoms with Crippen molar-refractivity contribution in [1.82, 2.24) is 4.90 Å². The van der Waals surface area contributed by atoms with Crippen molar-refractivity contribution in [2.45, 2.75) is 56.3 Å². The average Bonchev–Trinajstić information content (AvgIpc) is 3.10. The van der Waals surface area contributed by atoms with Gasteiger partial charge >= 0.3 is 0 Å². The van der Waals surface area contributed by atoms with Crippen molar-refractivity contribution in [3.63, 3.8) is 0 Å². The third-order valence-electron chi connectivity index (χ3n) is 7.80. The number of benzene rings is 4. The van der Waals surface area contributed by atoms with Crippen LogP contribution in [0.5, 0.6) is 5.75 Å². The molecule has 1 atom stereocenters. The molecule has 9 nitrogen and oxygen atoms in total. The van der Waals surface area contributed by atoms with E-state index in [1.807, 2.05) is 54.6 Å². The van der Waals surface area contributed by atoms with Crippen molar-refractivity contribution >= 4 is 22.1 Å². The lowest BCUT2D eigenvalue weighted by molar-refractivity contribution is -0.105. The van der Waals surface area contributed by atoms with Crippen molar-refractivity contribution < 1.29 is 27.8 Å². The van der Waals surface area contributed by atoms with Gasteiger partial charge in [-0.1, -0.05) is 97.5 Å². The Bertz CT molecular complexity index is 1760. The number of sulfonamides is 1. The molecule has 0 spiro atoms. The minimum Gasteiger partial charge on any atom is -0.487 e. The Kier molecular flexibility index (Phi) is 15.3. The van der Waals surface area contributed by atoms with E-state index in [0.29, 0.717) is 68.3 Å². The summed E-state index contributed by atoms with van der Waals surface area (Å²) in [6, 6.07) is 31.7. The molecule has 258 valence electrons. The van der Waals surface area contributed by atoms with Crippen LogP contribution in [-0.2, 0) is 32.7 Å². The molecule has 0 saturated carbocycles. The van der Waals surface area contributed by atoms with Crippen LogP contribution in [0.3, 0.4) is 0 Å². The van der Waals surface area contributed by atoms with E-state index in [4.69, 9.17) is 14.6 Å². The maximum absolute atomic E-state index is 11.5. The van der Waals surface area contributed by atoms with Crippen molar-refractivity contribution in [1.29, 1.82) is 0 Å². The molecule has 0 saturated heterocycles. The van der Waals surface area contributed by atoms with Gasteiger partial charge < -0.3 is 19.9 Å². The molecule has 0 heterocycles. The molecule has 4 rings (SSSR count). The lowest BCUT2D eigenvalue weighted by atomic mass is 10.1. The topological polar surface area (TPSA) is 131 Å². The molecule has 0 aliphatic carbocycles. The van der Waals surface area contributed by atoms with Crippen molar-refractivity contribution in [3.8, 4) is 17.6 Å². The summed E-state index contributed by atoms with van der Waals surface area (Å²) in [5.74, 6) is 6.51. The zero-order chi connectivity index (χ0) is 34.7. The number of nitrogens with two attached hydrogens (primary N) is 1. The zero-order valence-corrected chi connectivity index (χ0v) is 28.5. The first-order chi connectivity index (χ1) is 23.8. The van der Waals surface area contributed by atoms with Gasteiger partial charge in [-0.3, -0.25) is 9.69 Å². The van der Waals surface area contributed by atoms with Crippen LogP contribution in [0.4, 0.5) is 5.69 Å². The number of primary sulfonamides is 1. The van der Waals surface area contributed by atoms with Crippen molar-refractivity contribution in [3.05, 3.63) is 125 Å². The number of nitrogens with one attached hydrogen (secondary N) is 1. The third-order valence-corrected chi connectivity index (χ3v) is 8.71. The van der Waals surface area contributed by atoms with Gasteiger partial charge in [0.1, 0.15) is 12.4 Å². The molecule has 1 amide bonds. The van der Waals surface area contributed by atoms with E-state index < -0.39 is 16.1 Å². The van der Waals surface area contributed by atoms with Crippen LogP contribution in [0.1, 0.15) is 60.5 Å². The maximum Gasteiger partial charge on any atom is 0.238 e. The first kappa shape index (κ1) is 37.3. The lowest BCUT2D eigenvalue weighted by Crippen LogP contribution is -2.29. The number of amides is 1. The van der Waals surface area contributed by atoms with Crippen LogP contribution in [-0.4, -0.2) is 51.1 Å². The van der Waals surface area contributed by atoms with Crippen LogP contribution in [0.25, 0.3) is 0 Å². The average molecular weight is 684 g/mol. The number of aliphatic hydroxyl groups is 1. The molecular formula is C39H45N3O6S. The number of carbonyl (C=O) groups excluding carboxylic acids is 1. The lowest BCUT2D eigenvalue weighted by Gasteiger charge is -2.26. The van der Waals surface area contributed by atoms with E-state index in [9.17, 15) is 18.3 Å². The minimum atomic E-state index is -3.75. The van der Waals surface area contributed by atoms with Crippen LogP contribution < -0.4 is 15.2 Å². The van der Waals surface area contributed by atoms with Gasteiger partial charge in [-0.2, -0.15) is 0 Å². The molecule has 0 unspecified atom stereocenters. The zero-order valence-electron chi connectivity index (χ0n) is 27.7. The standard InChI is InChI=1S/C39H45N3O6S/c40-49(45,46)36-20-13-19-32(26-36)14-9-12-25-47-24-11-2-1-10-23-42(28-33-15-5-3-6-16-33)29-38(44)35-21-22-39(37(27-35)41-31-43)48-30-34-17-7-4-8-18-34/h3-8,13,15-22,26-27,31,38,44H,1-2,10-12,23-25,28-30H2,(H,41,43)(H2,40,45,46)/t38-/m0/s1. The monoisotopic (exact) mass is 683 g/mol. The number of rotatable bonds is 20. The predicted molar refractivity (Wildman–Crippen MR) is 192 cm³/mol. The number of carbonyl (C=O) groups is 1. The molecule has 0 aliphatic heterocycles. The molecular weight excluding hydrogens is 639 g/mol. The van der Waals surface area contributed by atoms with Gasteiger partial charge in [0, 0.05) is 31.7 Å². The second-order valence-corrected chi connectivity index (χ2v) is 13.2. The molecule has 4 N–H and O–H groups in total. The molecule has 10 heteroatoms. The fourth-order valence-corrected chi connectivity index (χ4v) is 5.81. The van der Waals surface area contributed by atoms with Gasteiger partial charge in [0.05, 0.1) is 23.3 Å². The van der Waals surface area contributed by atoms with Gasteiger partial charge in [-0.05, 0) is 66.4 Å². The number of nitrogens with zero attached hydrogens (tertiary/aromatic N) is 1. The highest BCUT2D eigenvalue weighted by Crippen LogP contribution is 2.29. The minimum absolute atomic E-state index is 0.0488. The highest BCUT2D eigenvalue weighted by atomic mass is 32.2. The Morgan fingerprint density at radius 3 is 2.33 bits per heavy atom. The number of anilines is 1. The Hall–Kier alpha value is -4.50. The van der Waals surface area contributed by atoms with Crippen molar-refractivity contribution in [2.24, 2.45) is 5.14 Å². The summed E-state index contributed by atoms with van der Waals surface area (Å²) in [7, 11) is -3.75. The number of hydrogen-bond acceptors (Lipinski definition) is 7. The second kappa shape index (κ2) is 20.1. The van der Waals surface area contributed by atoms with E-state index in [2.05, 4.69) is 34.2 Å². The molecule has 0 fully saturated rings. The molecule has 4 aromatic carbocycles. The summed E-state index contributed by atoms with van der Waals surface area (Å²) >= 11 is 0. The summed E-state index contributed by atoms with van der Waals surface area (Å²) in [6.07, 6.45) is 4.39. The number of ether oxygens (including phenoxy) is 2. The summed E-state index contributed by atoms with van der Waals surface area (Å²) in [5, 5.41) is 19.2. The van der Waals surface area contributed by atoms with Crippen LogP contribution in [0, 0.1) is 11.8 Å². The van der Waals surface area contributed by atoms with Crippen LogP contribution >= 0.6 is 0 Å². The largest absolute Gasteiger partial charge is 0.487 e.